The van der Waals surface area contributed by atoms with E-state index in [4.69, 9.17) is 28.4 Å². The highest BCUT2D eigenvalue weighted by Gasteiger charge is 2.09. The summed E-state index contributed by atoms with van der Waals surface area (Å²) in [6.45, 7) is 0. The summed E-state index contributed by atoms with van der Waals surface area (Å²) in [5, 5.41) is 0. The number of hydrogen-bond donors (Lipinski definition) is 2. The third-order valence-corrected chi connectivity index (χ3v) is 2.46. The molecule has 4 N–H and O–H groups in total. The van der Waals surface area contributed by atoms with Crippen LogP contribution in [0.5, 0.6) is 5.75 Å². The molecule has 0 aliphatic rings. The largest absolute Gasteiger partial charge is 0.495 e. The molecule has 0 amide bonds. The number of nitrogens with two attached hydrogens (primary N) is 2. The van der Waals surface area contributed by atoms with Crippen LogP contribution >= 0.6 is 12.2 Å². The second-order valence-corrected chi connectivity index (χ2v) is 3.59. The van der Waals surface area contributed by atoms with Gasteiger partial charge in [0.15, 0.2) is 0 Å². The molecule has 0 saturated heterocycles. The van der Waals surface area contributed by atoms with Crippen molar-refractivity contribution >= 4 is 24.1 Å². The van der Waals surface area contributed by atoms with Gasteiger partial charge in [0.25, 0.3) is 0 Å². The molecular weight excluding hydrogens is 238 g/mol. The first-order valence-corrected chi connectivity index (χ1v) is 5.19. The Morgan fingerprint density at radius 2 is 1.94 bits per heavy atom. The number of nitrogen functional groups attached to an aromatic ring is 2. The number of ether oxygens (including phenoxy) is 1. The molecule has 0 saturated carbocycles. The number of benzene rings is 1. The molecule has 0 radical (unpaired) electrons. The fraction of sp³-hybridized carbons (Fsp3) is 0.100. The van der Waals surface area contributed by atoms with Gasteiger partial charge < -0.3 is 16.2 Å². The van der Waals surface area contributed by atoms with Crippen molar-refractivity contribution < 1.29 is 4.74 Å². The van der Waals surface area contributed by atoms with Crippen molar-refractivity contribution in [1.29, 1.82) is 0 Å². The molecule has 0 fully saturated rings. The van der Waals surface area contributed by atoms with E-state index in [-0.39, 0.29) is 16.7 Å². The van der Waals surface area contributed by atoms with Crippen LogP contribution in [0, 0.1) is 4.77 Å². The van der Waals surface area contributed by atoms with Crippen molar-refractivity contribution in [2.45, 2.75) is 0 Å². The average Bonchev–Trinajstić information content (AvgIpc) is 2.28. The number of aromatic nitrogens is 3. The first-order chi connectivity index (χ1) is 8.13. The summed E-state index contributed by atoms with van der Waals surface area (Å²) in [5.41, 5.74) is 11.9. The maximum Gasteiger partial charge on any atom is 0.225 e. The summed E-state index contributed by atoms with van der Waals surface area (Å²) >= 11 is 5.11. The fourth-order valence-corrected chi connectivity index (χ4v) is 1.76. The first kappa shape index (κ1) is 11.3. The summed E-state index contributed by atoms with van der Waals surface area (Å²) in [6, 6.07) is 7.30. The van der Waals surface area contributed by atoms with Gasteiger partial charge in [-0.15, -0.1) is 0 Å². The first-order valence-electron chi connectivity index (χ1n) is 4.79. The van der Waals surface area contributed by atoms with E-state index in [1.807, 2.05) is 18.2 Å². The highest BCUT2D eigenvalue weighted by atomic mass is 32.1. The molecule has 1 aromatic carbocycles. The van der Waals surface area contributed by atoms with Crippen molar-refractivity contribution in [2.75, 3.05) is 18.6 Å². The predicted octanol–water partition coefficient (Wildman–Crippen LogP) is 1.17. The highest BCUT2D eigenvalue weighted by Crippen LogP contribution is 2.24. The van der Waals surface area contributed by atoms with Gasteiger partial charge in [-0.25, -0.2) is 0 Å². The average molecular weight is 249 g/mol. The minimum absolute atomic E-state index is 0.0543. The van der Waals surface area contributed by atoms with Crippen LogP contribution in [0.25, 0.3) is 5.69 Å². The molecule has 0 unspecified atom stereocenters. The van der Waals surface area contributed by atoms with Crippen LogP contribution in [-0.4, -0.2) is 21.6 Å². The van der Waals surface area contributed by atoms with Gasteiger partial charge in [0.1, 0.15) is 5.75 Å². The molecule has 17 heavy (non-hydrogen) atoms. The Balaban J connectivity index is 2.73. The van der Waals surface area contributed by atoms with Crippen LogP contribution in [0.4, 0.5) is 11.9 Å². The number of para-hydroxylation sites is 2. The van der Waals surface area contributed by atoms with Gasteiger partial charge >= 0.3 is 0 Å². The second-order valence-electron chi connectivity index (χ2n) is 3.23. The Bertz CT molecular complexity index is 610. The van der Waals surface area contributed by atoms with Crippen LogP contribution < -0.4 is 16.2 Å². The number of rotatable bonds is 2. The van der Waals surface area contributed by atoms with E-state index < -0.39 is 0 Å². The molecule has 0 atom stereocenters. The van der Waals surface area contributed by atoms with Crippen LogP contribution in [0.3, 0.4) is 0 Å². The van der Waals surface area contributed by atoms with Gasteiger partial charge in [-0.3, -0.25) is 4.57 Å². The quantitative estimate of drug-likeness (QED) is 0.776. The zero-order valence-electron chi connectivity index (χ0n) is 9.12. The molecule has 0 bridgehead atoms. The summed E-state index contributed by atoms with van der Waals surface area (Å²) in [7, 11) is 1.57. The summed E-state index contributed by atoms with van der Waals surface area (Å²) in [6.07, 6.45) is 0. The summed E-state index contributed by atoms with van der Waals surface area (Å²) in [5.74, 6) is 0.856. The Hall–Kier alpha value is -2.15. The lowest BCUT2D eigenvalue weighted by Gasteiger charge is -2.12. The zero-order chi connectivity index (χ0) is 12.4. The Morgan fingerprint density at radius 1 is 1.24 bits per heavy atom. The number of nitrogens with zero attached hydrogens (tertiary/aromatic N) is 3. The van der Waals surface area contributed by atoms with Crippen molar-refractivity contribution in [3.8, 4) is 11.4 Å². The van der Waals surface area contributed by atoms with Crippen molar-refractivity contribution in [3.05, 3.63) is 29.0 Å². The third-order valence-electron chi connectivity index (χ3n) is 2.19. The van der Waals surface area contributed by atoms with Crippen LogP contribution in [-0.2, 0) is 0 Å². The van der Waals surface area contributed by atoms with Gasteiger partial charge in [0.05, 0.1) is 12.8 Å². The number of methoxy groups -OCH3 is 1. The molecule has 2 aromatic rings. The molecule has 7 heteroatoms. The summed E-state index contributed by atoms with van der Waals surface area (Å²) in [4.78, 5) is 7.77. The van der Waals surface area contributed by atoms with E-state index in [9.17, 15) is 0 Å². The van der Waals surface area contributed by atoms with E-state index in [2.05, 4.69) is 9.97 Å². The van der Waals surface area contributed by atoms with Gasteiger partial charge in [0.2, 0.25) is 16.7 Å². The molecule has 0 aliphatic carbocycles. The normalized spacial score (nSPS) is 10.2. The van der Waals surface area contributed by atoms with Crippen LogP contribution in [0.1, 0.15) is 0 Å². The molecular formula is C10H11N5OS. The maximum atomic E-state index is 5.79. The molecule has 2 rings (SSSR count). The standard InChI is InChI=1S/C10H11N5OS/c1-16-7-5-3-2-4-6(7)15-9(12)13-8(11)14-10(15)17/h2-5H,1H3,(H4,11,12,13,14,17). The lowest BCUT2D eigenvalue weighted by molar-refractivity contribution is 0.412. The Morgan fingerprint density at radius 3 is 2.59 bits per heavy atom. The number of hydrogen-bond acceptors (Lipinski definition) is 6. The summed E-state index contributed by atoms with van der Waals surface area (Å²) < 4.78 is 6.97. The Kier molecular flexibility index (Phi) is 2.92. The van der Waals surface area contributed by atoms with E-state index in [1.54, 1.807) is 13.2 Å². The molecule has 0 aliphatic heterocycles. The minimum atomic E-state index is 0.0543. The SMILES string of the molecule is COc1ccccc1-n1c(N)nc(N)nc1=S. The van der Waals surface area contributed by atoms with E-state index in [1.165, 1.54) is 4.57 Å². The van der Waals surface area contributed by atoms with Crippen molar-refractivity contribution in [3.63, 3.8) is 0 Å². The molecule has 1 heterocycles. The zero-order valence-corrected chi connectivity index (χ0v) is 9.94. The van der Waals surface area contributed by atoms with Crippen LogP contribution in [0.2, 0.25) is 0 Å². The molecule has 0 spiro atoms. The lowest BCUT2D eigenvalue weighted by Crippen LogP contribution is -2.12. The predicted molar refractivity (Wildman–Crippen MR) is 67.6 cm³/mol. The maximum absolute atomic E-state index is 5.79. The minimum Gasteiger partial charge on any atom is -0.495 e. The molecule has 6 nitrogen and oxygen atoms in total. The van der Waals surface area contributed by atoms with Gasteiger partial charge in [0, 0.05) is 0 Å². The number of anilines is 2. The van der Waals surface area contributed by atoms with E-state index >= 15 is 0 Å². The van der Waals surface area contributed by atoms with Gasteiger partial charge in [-0.1, -0.05) is 12.1 Å². The van der Waals surface area contributed by atoms with Crippen molar-refractivity contribution in [1.82, 2.24) is 14.5 Å². The topological polar surface area (TPSA) is 92.0 Å². The van der Waals surface area contributed by atoms with Crippen molar-refractivity contribution in [2.24, 2.45) is 0 Å². The fourth-order valence-electron chi connectivity index (χ4n) is 1.48. The smallest absolute Gasteiger partial charge is 0.225 e. The lowest BCUT2D eigenvalue weighted by atomic mass is 10.3. The van der Waals surface area contributed by atoms with E-state index in [0.29, 0.717) is 11.4 Å². The van der Waals surface area contributed by atoms with E-state index in [0.717, 1.165) is 0 Å². The monoisotopic (exact) mass is 249 g/mol. The van der Waals surface area contributed by atoms with Gasteiger partial charge in [-0.05, 0) is 24.4 Å². The molecule has 88 valence electrons. The van der Waals surface area contributed by atoms with Gasteiger partial charge in [-0.2, -0.15) is 9.97 Å². The van der Waals surface area contributed by atoms with Crippen LogP contribution in [0.15, 0.2) is 24.3 Å². The highest BCUT2D eigenvalue weighted by molar-refractivity contribution is 7.71. The Labute approximate surface area is 103 Å². The molecule has 1 aromatic heterocycles. The second kappa shape index (κ2) is 4.38. The third kappa shape index (κ3) is 2.04.